The number of aryl methyl sites for hydroxylation is 1. The highest BCUT2D eigenvalue weighted by atomic mass is 32.2. The van der Waals surface area contributed by atoms with Crippen molar-refractivity contribution in [3.8, 4) is 0 Å². The molecule has 0 heterocycles. The van der Waals surface area contributed by atoms with Crippen molar-refractivity contribution in [2.75, 3.05) is 24.0 Å². The molecule has 0 spiro atoms. The molecule has 0 aliphatic heterocycles. The van der Waals surface area contributed by atoms with Crippen LogP contribution in [0.5, 0.6) is 0 Å². The van der Waals surface area contributed by atoms with Crippen LogP contribution in [0.4, 0.5) is 5.69 Å². The first-order chi connectivity index (χ1) is 8.51. The maximum Gasteiger partial charge on any atom is 0.124 e. The lowest BCUT2D eigenvalue weighted by atomic mass is 10.1. The minimum absolute atomic E-state index is 0.135. The fourth-order valence-electron chi connectivity index (χ4n) is 2.05. The SMILES string of the molecule is CCC(CSC)N(C)c1cc(C)ccc1C(=N)N. The second-order valence-corrected chi connectivity index (χ2v) is 5.47. The molecule has 3 N–H and O–H groups in total. The molecule has 1 aromatic carbocycles. The highest BCUT2D eigenvalue weighted by Crippen LogP contribution is 2.24. The summed E-state index contributed by atoms with van der Waals surface area (Å²) in [6.07, 6.45) is 3.21. The third-order valence-corrected chi connectivity index (χ3v) is 3.92. The van der Waals surface area contributed by atoms with E-state index in [9.17, 15) is 0 Å². The molecule has 1 atom stereocenters. The second kappa shape index (κ2) is 6.69. The van der Waals surface area contributed by atoms with Crippen LogP contribution in [-0.4, -0.2) is 30.9 Å². The average molecular weight is 265 g/mol. The first-order valence-electron chi connectivity index (χ1n) is 6.18. The molecule has 0 saturated carbocycles. The molecule has 1 unspecified atom stereocenters. The Balaban J connectivity index is 3.13. The number of nitrogens with two attached hydrogens (primary N) is 1. The molecule has 3 nitrogen and oxygen atoms in total. The lowest BCUT2D eigenvalue weighted by Crippen LogP contribution is -2.34. The Morgan fingerprint density at radius 3 is 2.67 bits per heavy atom. The van der Waals surface area contributed by atoms with Gasteiger partial charge in [-0.1, -0.05) is 13.0 Å². The Bertz CT molecular complexity index is 418. The summed E-state index contributed by atoms with van der Waals surface area (Å²) in [5.41, 5.74) is 8.75. The van der Waals surface area contributed by atoms with E-state index >= 15 is 0 Å². The van der Waals surface area contributed by atoms with Gasteiger partial charge in [0.2, 0.25) is 0 Å². The van der Waals surface area contributed by atoms with Crippen LogP contribution in [0.15, 0.2) is 18.2 Å². The van der Waals surface area contributed by atoms with Crippen molar-refractivity contribution in [3.63, 3.8) is 0 Å². The maximum atomic E-state index is 7.69. The van der Waals surface area contributed by atoms with E-state index in [0.717, 1.165) is 23.4 Å². The van der Waals surface area contributed by atoms with E-state index in [4.69, 9.17) is 11.1 Å². The van der Waals surface area contributed by atoms with Gasteiger partial charge in [-0.3, -0.25) is 5.41 Å². The van der Waals surface area contributed by atoms with Crippen molar-refractivity contribution in [1.82, 2.24) is 0 Å². The molecule has 1 aromatic rings. The number of nitrogens with one attached hydrogen (secondary N) is 1. The highest BCUT2D eigenvalue weighted by molar-refractivity contribution is 7.98. The Hall–Kier alpha value is -1.16. The van der Waals surface area contributed by atoms with Crippen LogP contribution in [0.2, 0.25) is 0 Å². The molecule has 0 radical (unpaired) electrons. The van der Waals surface area contributed by atoms with Gasteiger partial charge in [0.05, 0.1) is 0 Å². The van der Waals surface area contributed by atoms with Crippen LogP contribution in [0.3, 0.4) is 0 Å². The largest absolute Gasteiger partial charge is 0.384 e. The van der Waals surface area contributed by atoms with Gasteiger partial charge in [-0.05, 0) is 37.3 Å². The molecule has 1 rings (SSSR count). The summed E-state index contributed by atoms with van der Waals surface area (Å²) in [4.78, 5) is 2.25. The molecule has 0 aliphatic rings. The van der Waals surface area contributed by atoms with E-state index in [-0.39, 0.29) is 5.84 Å². The number of amidine groups is 1. The van der Waals surface area contributed by atoms with E-state index in [1.165, 1.54) is 5.56 Å². The fraction of sp³-hybridized carbons (Fsp3) is 0.500. The molecule has 100 valence electrons. The molecule has 0 saturated heterocycles. The summed E-state index contributed by atoms with van der Waals surface area (Å²) >= 11 is 1.85. The Morgan fingerprint density at radius 1 is 1.50 bits per heavy atom. The Kier molecular flexibility index (Phi) is 5.54. The van der Waals surface area contributed by atoms with E-state index in [1.807, 2.05) is 23.9 Å². The lowest BCUT2D eigenvalue weighted by molar-refractivity contribution is 0.672. The van der Waals surface area contributed by atoms with Gasteiger partial charge in [-0.15, -0.1) is 0 Å². The highest BCUT2D eigenvalue weighted by Gasteiger charge is 2.17. The molecule has 0 bridgehead atoms. The van der Waals surface area contributed by atoms with Crippen LogP contribution >= 0.6 is 11.8 Å². The van der Waals surface area contributed by atoms with Gasteiger partial charge in [0, 0.05) is 30.1 Å². The molecule has 0 aromatic heterocycles. The first-order valence-corrected chi connectivity index (χ1v) is 7.57. The number of hydrogen-bond acceptors (Lipinski definition) is 3. The monoisotopic (exact) mass is 265 g/mol. The van der Waals surface area contributed by atoms with Crippen molar-refractivity contribution in [2.24, 2.45) is 5.73 Å². The zero-order valence-corrected chi connectivity index (χ0v) is 12.5. The van der Waals surface area contributed by atoms with Crippen molar-refractivity contribution < 1.29 is 0 Å². The molecule has 0 fully saturated rings. The number of benzene rings is 1. The van der Waals surface area contributed by atoms with Crippen molar-refractivity contribution in [2.45, 2.75) is 26.3 Å². The summed E-state index contributed by atoms with van der Waals surface area (Å²) < 4.78 is 0. The lowest BCUT2D eigenvalue weighted by Gasteiger charge is -2.30. The number of hydrogen-bond donors (Lipinski definition) is 2. The quantitative estimate of drug-likeness (QED) is 0.614. The van der Waals surface area contributed by atoms with Crippen LogP contribution in [-0.2, 0) is 0 Å². The minimum Gasteiger partial charge on any atom is -0.384 e. The van der Waals surface area contributed by atoms with E-state index in [2.05, 4.69) is 38.1 Å². The molecule has 18 heavy (non-hydrogen) atoms. The van der Waals surface area contributed by atoms with E-state index in [1.54, 1.807) is 0 Å². The number of anilines is 1. The summed E-state index contributed by atoms with van der Waals surface area (Å²) in [5.74, 6) is 1.22. The Labute approximate surface area is 114 Å². The average Bonchev–Trinajstić information content (AvgIpc) is 2.34. The second-order valence-electron chi connectivity index (χ2n) is 4.56. The summed E-state index contributed by atoms with van der Waals surface area (Å²) in [6.45, 7) is 4.26. The molecular weight excluding hydrogens is 242 g/mol. The third kappa shape index (κ3) is 3.42. The van der Waals surface area contributed by atoms with Crippen molar-refractivity contribution in [3.05, 3.63) is 29.3 Å². The van der Waals surface area contributed by atoms with Crippen LogP contribution < -0.4 is 10.6 Å². The zero-order chi connectivity index (χ0) is 13.7. The maximum absolute atomic E-state index is 7.69. The summed E-state index contributed by atoms with van der Waals surface area (Å²) in [6, 6.07) is 6.53. The topological polar surface area (TPSA) is 53.1 Å². The van der Waals surface area contributed by atoms with Crippen molar-refractivity contribution in [1.29, 1.82) is 5.41 Å². The standard InChI is InChI=1S/C14H23N3S/c1-5-11(9-18-4)17(3)13-8-10(2)6-7-12(13)14(15)16/h6-8,11H,5,9H2,1-4H3,(H3,15,16). The Morgan fingerprint density at radius 2 is 2.17 bits per heavy atom. The number of nitrogens with zero attached hydrogens (tertiary/aromatic N) is 1. The van der Waals surface area contributed by atoms with E-state index in [0.29, 0.717) is 6.04 Å². The van der Waals surface area contributed by atoms with E-state index < -0.39 is 0 Å². The number of rotatable bonds is 6. The minimum atomic E-state index is 0.135. The molecule has 4 heteroatoms. The van der Waals surface area contributed by atoms with Gasteiger partial charge in [-0.2, -0.15) is 11.8 Å². The van der Waals surface area contributed by atoms with Gasteiger partial charge < -0.3 is 10.6 Å². The number of thioether (sulfide) groups is 1. The van der Waals surface area contributed by atoms with Gasteiger partial charge in [-0.25, -0.2) is 0 Å². The fourth-order valence-corrected chi connectivity index (χ4v) is 2.90. The molecular formula is C14H23N3S. The molecule has 0 amide bonds. The predicted octanol–water partition coefficient (Wildman–Crippen LogP) is 2.86. The first kappa shape index (κ1) is 14.9. The smallest absolute Gasteiger partial charge is 0.124 e. The summed E-state index contributed by atoms with van der Waals surface area (Å²) in [7, 11) is 2.09. The zero-order valence-electron chi connectivity index (χ0n) is 11.7. The molecule has 0 aliphatic carbocycles. The van der Waals surface area contributed by atoms with Gasteiger partial charge in [0.15, 0.2) is 0 Å². The number of nitrogen functional groups attached to an aromatic ring is 1. The normalized spacial score (nSPS) is 12.2. The van der Waals surface area contributed by atoms with Crippen molar-refractivity contribution >= 4 is 23.3 Å². The summed E-state index contributed by atoms with van der Waals surface area (Å²) in [5, 5.41) is 7.69. The van der Waals surface area contributed by atoms with Crippen LogP contribution in [0, 0.1) is 12.3 Å². The third-order valence-electron chi connectivity index (χ3n) is 3.20. The van der Waals surface area contributed by atoms with Gasteiger partial charge in [0.25, 0.3) is 0 Å². The predicted molar refractivity (Wildman–Crippen MR) is 83.1 cm³/mol. The van der Waals surface area contributed by atoms with Crippen LogP contribution in [0.25, 0.3) is 0 Å². The van der Waals surface area contributed by atoms with Gasteiger partial charge >= 0.3 is 0 Å². The van der Waals surface area contributed by atoms with Crippen LogP contribution in [0.1, 0.15) is 24.5 Å². The van der Waals surface area contributed by atoms with Gasteiger partial charge in [0.1, 0.15) is 5.84 Å².